The first kappa shape index (κ1) is 15.7. The van der Waals surface area contributed by atoms with Gasteiger partial charge in [-0.25, -0.2) is 8.42 Å². The molecule has 5 rings (SSSR count). The number of para-hydroxylation sites is 1. The van der Waals surface area contributed by atoms with Crippen LogP contribution in [0.5, 0.6) is 0 Å². The number of hydrogen-bond donors (Lipinski definition) is 0. The maximum Gasteiger partial charge on any atom is 0.223 e. The molecule has 5 heteroatoms. The van der Waals surface area contributed by atoms with Gasteiger partial charge >= 0.3 is 0 Å². The minimum absolute atomic E-state index is 0.237. The zero-order chi connectivity index (χ0) is 17.9. The van der Waals surface area contributed by atoms with Gasteiger partial charge in [-0.1, -0.05) is 18.2 Å². The van der Waals surface area contributed by atoms with E-state index in [4.69, 9.17) is 4.42 Å². The Morgan fingerprint density at radius 1 is 0.885 bits per heavy atom. The summed E-state index contributed by atoms with van der Waals surface area (Å²) in [6, 6.07) is 12.9. The predicted molar refractivity (Wildman–Crippen MR) is 100 cm³/mol. The highest BCUT2D eigenvalue weighted by Crippen LogP contribution is 2.50. The van der Waals surface area contributed by atoms with Crippen molar-refractivity contribution in [2.45, 2.75) is 42.4 Å². The van der Waals surface area contributed by atoms with Crippen LogP contribution < -0.4 is 4.90 Å². The highest BCUT2D eigenvalue weighted by atomic mass is 32.2. The van der Waals surface area contributed by atoms with Crippen molar-refractivity contribution in [3.8, 4) is 0 Å². The van der Waals surface area contributed by atoms with Gasteiger partial charge in [0.1, 0.15) is 4.90 Å². The molecule has 0 saturated carbocycles. The van der Waals surface area contributed by atoms with Crippen LogP contribution in [0.15, 0.2) is 62.9 Å². The second-order valence-corrected chi connectivity index (χ2v) is 8.85. The molecule has 1 aliphatic heterocycles. The molecular formula is C21H19NO3S. The number of furan rings is 1. The molecule has 132 valence electrons. The number of sulfone groups is 1. The van der Waals surface area contributed by atoms with E-state index in [2.05, 4.69) is 19.1 Å². The van der Waals surface area contributed by atoms with Crippen LogP contribution in [0.3, 0.4) is 0 Å². The second kappa shape index (κ2) is 5.48. The van der Waals surface area contributed by atoms with Gasteiger partial charge in [-0.3, -0.25) is 4.90 Å². The molecule has 0 radical (unpaired) electrons. The first-order valence-corrected chi connectivity index (χ1v) is 10.4. The number of anilines is 3. The van der Waals surface area contributed by atoms with E-state index in [0.29, 0.717) is 16.5 Å². The van der Waals surface area contributed by atoms with Crippen LogP contribution in [0.25, 0.3) is 0 Å². The van der Waals surface area contributed by atoms with Crippen LogP contribution in [-0.2, 0) is 22.7 Å². The monoisotopic (exact) mass is 365 g/mol. The minimum atomic E-state index is -3.56. The standard InChI is InChI=1S/C21H19NO3S/c1-14-10-11-17(16-7-3-2-6-15(14)16)22-18-8-4-5-9-19(18)26(23,24)20-12-13-25-21(20)22/h4-5,8-13H,2-3,6-7H2,1H3. The van der Waals surface area contributed by atoms with Gasteiger partial charge in [0, 0.05) is 0 Å². The molecule has 0 spiro atoms. The summed E-state index contributed by atoms with van der Waals surface area (Å²) in [7, 11) is -3.56. The van der Waals surface area contributed by atoms with Crippen molar-refractivity contribution in [3.63, 3.8) is 0 Å². The average Bonchev–Trinajstić information content (AvgIpc) is 3.15. The van der Waals surface area contributed by atoms with Gasteiger partial charge in [0.05, 0.1) is 22.5 Å². The van der Waals surface area contributed by atoms with Crippen molar-refractivity contribution in [1.29, 1.82) is 0 Å². The predicted octanol–water partition coefficient (Wildman–Crippen LogP) is 5.08. The molecule has 2 aromatic carbocycles. The Hall–Kier alpha value is -2.53. The minimum Gasteiger partial charge on any atom is -0.447 e. The van der Waals surface area contributed by atoms with Gasteiger partial charge in [0.25, 0.3) is 0 Å². The first-order valence-electron chi connectivity index (χ1n) is 8.92. The van der Waals surface area contributed by atoms with E-state index >= 15 is 0 Å². The molecule has 2 aliphatic rings. The van der Waals surface area contributed by atoms with Gasteiger partial charge in [-0.2, -0.15) is 0 Å². The third-order valence-corrected chi connectivity index (χ3v) is 7.30. The lowest BCUT2D eigenvalue weighted by atomic mass is 9.87. The van der Waals surface area contributed by atoms with Gasteiger partial charge in [0.2, 0.25) is 15.7 Å². The Bertz CT molecular complexity index is 1130. The fourth-order valence-corrected chi connectivity index (χ4v) is 5.76. The Labute approximate surface area is 153 Å². The average molecular weight is 365 g/mol. The van der Waals surface area contributed by atoms with Crippen LogP contribution in [0.4, 0.5) is 17.3 Å². The van der Waals surface area contributed by atoms with E-state index in [-0.39, 0.29) is 4.90 Å². The second-order valence-electron chi connectivity index (χ2n) is 6.96. The Kier molecular flexibility index (Phi) is 3.31. The van der Waals surface area contributed by atoms with E-state index in [9.17, 15) is 8.42 Å². The number of benzene rings is 2. The van der Waals surface area contributed by atoms with Crippen molar-refractivity contribution in [2.24, 2.45) is 0 Å². The quantitative estimate of drug-likeness (QED) is 0.472. The number of aryl methyl sites for hydroxylation is 1. The summed E-state index contributed by atoms with van der Waals surface area (Å²) in [4.78, 5) is 2.55. The van der Waals surface area contributed by atoms with Crippen LogP contribution in [0, 0.1) is 6.92 Å². The van der Waals surface area contributed by atoms with E-state index in [1.54, 1.807) is 18.2 Å². The van der Waals surface area contributed by atoms with Crippen LogP contribution in [0.2, 0.25) is 0 Å². The highest BCUT2D eigenvalue weighted by Gasteiger charge is 2.38. The fourth-order valence-electron chi connectivity index (χ4n) is 4.23. The lowest BCUT2D eigenvalue weighted by Crippen LogP contribution is -2.23. The van der Waals surface area contributed by atoms with Crippen molar-refractivity contribution >= 4 is 27.1 Å². The summed E-state index contributed by atoms with van der Waals surface area (Å²) in [5, 5.41) is 0. The Morgan fingerprint density at radius 2 is 1.65 bits per heavy atom. The molecule has 4 nitrogen and oxygen atoms in total. The molecule has 1 aromatic heterocycles. The topological polar surface area (TPSA) is 50.5 Å². The largest absolute Gasteiger partial charge is 0.447 e. The van der Waals surface area contributed by atoms with Crippen molar-refractivity contribution < 1.29 is 12.8 Å². The summed E-state index contributed by atoms with van der Waals surface area (Å²) in [5.74, 6) is 0.389. The zero-order valence-electron chi connectivity index (χ0n) is 14.5. The van der Waals surface area contributed by atoms with Crippen LogP contribution in [0.1, 0.15) is 29.5 Å². The zero-order valence-corrected chi connectivity index (χ0v) is 15.3. The summed E-state index contributed by atoms with van der Waals surface area (Å²) < 4.78 is 31.7. The molecule has 0 N–H and O–H groups in total. The van der Waals surface area contributed by atoms with E-state index in [0.717, 1.165) is 24.9 Å². The van der Waals surface area contributed by atoms with Crippen LogP contribution >= 0.6 is 0 Å². The van der Waals surface area contributed by atoms with Gasteiger partial charge < -0.3 is 4.42 Å². The van der Waals surface area contributed by atoms with Crippen LogP contribution in [-0.4, -0.2) is 8.42 Å². The van der Waals surface area contributed by atoms with Crippen molar-refractivity contribution in [3.05, 3.63) is 65.4 Å². The molecule has 0 saturated heterocycles. The summed E-state index contributed by atoms with van der Waals surface area (Å²) in [6.07, 6.45) is 5.90. The highest BCUT2D eigenvalue weighted by molar-refractivity contribution is 7.92. The molecule has 2 heterocycles. The third-order valence-electron chi connectivity index (χ3n) is 5.48. The number of hydrogen-bond acceptors (Lipinski definition) is 4. The molecule has 0 bridgehead atoms. The fraction of sp³-hybridized carbons (Fsp3) is 0.238. The third kappa shape index (κ3) is 2.04. The SMILES string of the molecule is Cc1ccc(N2c3ccccc3S(=O)(=O)c3ccoc32)c2c1CCCC2. The summed E-state index contributed by atoms with van der Waals surface area (Å²) in [6.45, 7) is 2.15. The molecule has 0 atom stereocenters. The summed E-state index contributed by atoms with van der Waals surface area (Å²) >= 11 is 0. The lowest BCUT2D eigenvalue weighted by molar-refractivity contribution is 0.557. The first-order chi connectivity index (χ1) is 12.6. The molecule has 26 heavy (non-hydrogen) atoms. The molecular weight excluding hydrogens is 346 g/mol. The van der Waals surface area contributed by atoms with Gasteiger partial charge in [-0.15, -0.1) is 0 Å². The maximum atomic E-state index is 13.0. The normalized spacial score (nSPS) is 17.3. The number of fused-ring (bicyclic) bond motifs is 3. The van der Waals surface area contributed by atoms with Crippen molar-refractivity contribution in [2.75, 3.05) is 4.90 Å². The van der Waals surface area contributed by atoms with Gasteiger partial charge in [0.15, 0.2) is 0 Å². The van der Waals surface area contributed by atoms with E-state index in [1.165, 1.54) is 29.4 Å². The maximum absolute atomic E-state index is 13.0. The summed E-state index contributed by atoms with van der Waals surface area (Å²) in [5.41, 5.74) is 5.71. The van der Waals surface area contributed by atoms with Gasteiger partial charge in [-0.05, 0) is 73.6 Å². The molecule has 1 aliphatic carbocycles. The molecule has 3 aromatic rings. The number of rotatable bonds is 1. The Balaban J connectivity index is 1.83. The lowest BCUT2D eigenvalue weighted by Gasteiger charge is -2.33. The molecule has 0 unspecified atom stereocenters. The molecule has 0 fully saturated rings. The van der Waals surface area contributed by atoms with Crippen molar-refractivity contribution in [1.82, 2.24) is 0 Å². The van der Waals surface area contributed by atoms with E-state index < -0.39 is 9.84 Å². The smallest absolute Gasteiger partial charge is 0.223 e. The molecule has 0 amide bonds. The van der Waals surface area contributed by atoms with E-state index in [1.807, 2.05) is 17.0 Å². The number of nitrogens with zero attached hydrogens (tertiary/aromatic N) is 1. The Morgan fingerprint density at radius 3 is 2.50 bits per heavy atom.